The Bertz CT molecular complexity index is 2170. The SMILES string of the molecule is [N-]=[N+]=Nc1ccccc1C[C@]1(C(=O)NNCc2ccccc2Sc2ccccc2)N=C(c2ccc(OCCCO)cc2)O[C@H]1c1ccccc1N=[N+]=[N-]. The van der Waals surface area contributed by atoms with Crippen LogP contribution in [-0.4, -0.2) is 35.7 Å². The Morgan fingerprint density at radius 3 is 2.26 bits per heavy atom. The molecule has 53 heavy (non-hydrogen) atoms. The summed E-state index contributed by atoms with van der Waals surface area (Å²) in [4.78, 5) is 28.0. The van der Waals surface area contributed by atoms with Crippen LogP contribution in [-0.2, 0) is 22.5 Å². The summed E-state index contributed by atoms with van der Waals surface area (Å²) in [6.45, 7) is 0.659. The van der Waals surface area contributed by atoms with Gasteiger partial charge in [-0.3, -0.25) is 10.2 Å². The number of carbonyl (C=O) groups is 1. The molecular weight excluding hydrogens is 691 g/mol. The van der Waals surface area contributed by atoms with Gasteiger partial charge in [0, 0.05) is 68.1 Å². The first-order valence-corrected chi connectivity index (χ1v) is 17.6. The molecule has 0 unspecified atom stereocenters. The van der Waals surface area contributed by atoms with Gasteiger partial charge in [-0.25, -0.2) is 10.4 Å². The van der Waals surface area contributed by atoms with Gasteiger partial charge in [-0.1, -0.05) is 107 Å². The number of rotatable bonds is 16. The van der Waals surface area contributed by atoms with Crippen LogP contribution in [0.3, 0.4) is 0 Å². The molecular formula is C39H35N9O4S. The third kappa shape index (κ3) is 8.79. The van der Waals surface area contributed by atoms with Gasteiger partial charge in [0.15, 0.2) is 11.6 Å². The van der Waals surface area contributed by atoms with Crippen LogP contribution < -0.4 is 15.6 Å². The smallest absolute Gasteiger partial charge is 0.266 e. The predicted molar refractivity (Wildman–Crippen MR) is 203 cm³/mol. The van der Waals surface area contributed by atoms with Gasteiger partial charge >= 0.3 is 0 Å². The Morgan fingerprint density at radius 1 is 0.849 bits per heavy atom. The van der Waals surface area contributed by atoms with E-state index in [0.717, 1.165) is 15.4 Å². The Kier molecular flexibility index (Phi) is 12.3. The second-order valence-electron chi connectivity index (χ2n) is 11.9. The van der Waals surface area contributed by atoms with Crippen LogP contribution in [0, 0.1) is 0 Å². The Morgan fingerprint density at radius 2 is 1.51 bits per heavy atom. The van der Waals surface area contributed by atoms with Gasteiger partial charge in [0.1, 0.15) is 5.75 Å². The summed E-state index contributed by atoms with van der Waals surface area (Å²) >= 11 is 1.62. The average molecular weight is 726 g/mol. The summed E-state index contributed by atoms with van der Waals surface area (Å²) in [5, 5.41) is 16.9. The molecule has 3 N–H and O–H groups in total. The molecule has 0 radical (unpaired) electrons. The van der Waals surface area contributed by atoms with Crippen molar-refractivity contribution < 1.29 is 19.4 Å². The highest BCUT2D eigenvalue weighted by atomic mass is 32.2. The van der Waals surface area contributed by atoms with Gasteiger partial charge in [0.05, 0.1) is 6.61 Å². The van der Waals surface area contributed by atoms with E-state index in [-0.39, 0.29) is 24.6 Å². The van der Waals surface area contributed by atoms with Gasteiger partial charge in [-0.15, -0.1) is 0 Å². The molecule has 0 fully saturated rings. The fourth-order valence-electron chi connectivity index (χ4n) is 5.90. The van der Waals surface area contributed by atoms with Gasteiger partial charge in [-0.2, -0.15) is 0 Å². The highest BCUT2D eigenvalue weighted by Gasteiger charge is 2.54. The summed E-state index contributed by atoms with van der Waals surface area (Å²) in [7, 11) is 0. The van der Waals surface area contributed by atoms with E-state index in [4.69, 9.17) is 19.6 Å². The minimum Gasteiger partial charge on any atom is -0.494 e. The minimum absolute atomic E-state index is 0.0163. The zero-order valence-electron chi connectivity index (χ0n) is 28.4. The average Bonchev–Trinajstić information content (AvgIpc) is 3.57. The highest BCUT2D eigenvalue weighted by Crippen LogP contribution is 2.46. The topological polar surface area (TPSA) is 190 Å². The Labute approximate surface area is 309 Å². The fourth-order valence-corrected chi connectivity index (χ4v) is 6.86. The van der Waals surface area contributed by atoms with Crippen molar-refractivity contribution in [3.63, 3.8) is 0 Å². The third-order valence-electron chi connectivity index (χ3n) is 8.43. The van der Waals surface area contributed by atoms with Crippen molar-refractivity contribution in [1.82, 2.24) is 10.9 Å². The molecule has 5 aromatic rings. The van der Waals surface area contributed by atoms with E-state index in [0.29, 0.717) is 47.7 Å². The van der Waals surface area contributed by atoms with Crippen molar-refractivity contribution in [2.45, 2.75) is 40.8 Å². The lowest BCUT2D eigenvalue weighted by atomic mass is 9.81. The molecule has 6 rings (SSSR count). The van der Waals surface area contributed by atoms with E-state index in [2.05, 4.69) is 30.9 Å². The number of hydrogen-bond acceptors (Lipinski definition) is 9. The number of carbonyl (C=O) groups excluding carboxylic acids is 1. The van der Waals surface area contributed by atoms with E-state index in [9.17, 15) is 15.9 Å². The molecule has 0 aliphatic carbocycles. The van der Waals surface area contributed by atoms with Crippen LogP contribution in [0.5, 0.6) is 5.75 Å². The summed E-state index contributed by atoms with van der Waals surface area (Å²) in [6, 6.07) is 38.8. The van der Waals surface area contributed by atoms with Crippen molar-refractivity contribution in [2.24, 2.45) is 15.2 Å². The van der Waals surface area contributed by atoms with Crippen LogP contribution in [0.1, 0.15) is 34.8 Å². The van der Waals surface area contributed by atoms with Crippen molar-refractivity contribution in [3.05, 3.63) is 171 Å². The van der Waals surface area contributed by atoms with Crippen LogP contribution in [0.15, 0.2) is 152 Å². The molecule has 2 atom stereocenters. The van der Waals surface area contributed by atoms with Crippen molar-refractivity contribution in [1.29, 1.82) is 0 Å². The number of azide groups is 2. The number of aliphatic imine (C=N–C) groups is 1. The highest BCUT2D eigenvalue weighted by molar-refractivity contribution is 7.99. The molecule has 0 saturated heterocycles. The molecule has 0 saturated carbocycles. The monoisotopic (exact) mass is 725 g/mol. The second-order valence-corrected chi connectivity index (χ2v) is 13.0. The number of nitrogens with one attached hydrogen (secondary N) is 2. The molecule has 13 nitrogen and oxygen atoms in total. The standard InChI is InChI=1S/C39H35N9O4S/c40-47-44-33-16-7-4-11-28(33)25-39(38(50)46-42-26-29-12-5-9-18-35(29)53-31-13-2-1-3-14-31)36(32-15-6-8-17-34(32)45-48-41)52-37(43-39)27-19-21-30(22-20-27)51-24-10-23-49/h1-9,11-22,36,42,49H,10,23-26H2,(H,46,50)/t36-,39-/m0/s1. The number of hydrazine groups is 1. The predicted octanol–water partition coefficient (Wildman–Crippen LogP) is 8.80. The van der Waals surface area contributed by atoms with Gasteiger partial charge in [0.25, 0.3) is 5.91 Å². The van der Waals surface area contributed by atoms with E-state index in [1.165, 1.54) is 0 Å². The zero-order valence-corrected chi connectivity index (χ0v) is 29.3. The summed E-state index contributed by atoms with van der Waals surface area (Å²) in [6.07, 6.45) is -0.636. The van der Waals surface area contributed by atoms with Crippen LogP contribution in [0.2, 0.25) is 0 Å². The molecule has 14 heteroatoms. The number of amides is 1. The minimum atomic E-state index is -1.70. The van der Waals surface area contributed by atoms with Crippen LogP contribution >= 0.6 is 11.8 Å². The first-order chi connectivity index (χ1) is 26.0. The van der Waals surface area contributed by atoms with Gasteiger partial charge in [-0.05, 0) is 64.7 Å². The van der Waals surface area contributed by atoms with Crippen LogP contribution in [0.4, 0.5) is 11.4 Å². The number of nitrogens with zero attached hydrogens (tertiary/aromatic N) is 7. The molecule has 1 aliphatic rings. The van der Waals surface area contributed by atoms with E-state index < -0.39 is 17.6 Å². The lowest BCUT2D eigenvalue weighted by Gasteiger charge is -2.31. The first-order valence-electron chi connectivity index (χ1n) is 16.8. The lowest BCUT2D eigenvalue weighted by molar-refractivity contribution is -0.130. The molecule has 0 aromatic heterocycles. The molecule has 1 heterocycles. The van der Waals surface area contributed by atoms with E-state index >= 15 is 0 Å². The second kappa shape index (κ2) is 17.8. The van der Waals surface area contributed by atoms with Gasteiger partial charge in [0.2, 0.25) is 5.90 Å². The maximum absolute atomic E-state index is 14.8. The number of aliphatic hydroxyl groups is 1. The van der Waals surface area contributed by atoms with E-state index in [1.807, 2.05) is 54.6 Å². The number of benzene rings is 5. The third-order valence-corrected chi connectivity index (χ3v) is 9.56. The molecule has 5 aromatic carbocycles. The van der Waals surface area contributed by atoms with Crippen molar-refractivity contribution in [2.75, 3.05) is 13.2 Å². The summed E-state index contributed by atoms with van der Waals surface area (Å²) in [5.74, 6) is 0.239. The largest absolute Gasteiger partial charge is 0.494 e. The molecule has 266 valence electrons. The van der Waals surface area contributed by atoms with Crippen molar-refractivity contribution in [3.8, 4) is 5.75 Å². The number of hydrogen-bond donors (Lipinski definition) is 3. The zero-order chi connectivity index (χ0) is 36.9. The molecule has 1 amide bonds. The molecule has 0 bridgehead atoms. The van der Waals surface area contributed by atoms with E-state index in [1.54, 1.807) is 84.6 Å². The van der Waals surface area contributed by atoms with Crippen molar-refractivity contribution >= 4 is 34.9 Å². The Hall–Kier alpha value is -6.27. The lowest BCUT2D eigenvalue weighted by Crippen LogP contribution is -2.53. The molecule has 0 spiro atoms. The quantitative estimate of drug-likeness (QED) is 0.0299. The fraction of sp³-hybridized carbons (Fsp3) is 0.179. The summed E-state index contributed by atoms with van der Waals surface area (Å²) < 4.78 is 12.3. The van der Waals surface area contributed by atoms with Crippen LogP contribution in [0.25, 0.3) is 20.9 Å². The Balaban J connectivity index is 1.39. The number of aliphatic hydroxyl groups excluding tert-OH is 1. The number of ether oxygens (including phenoxy) is 2. The maximum atomic E-state index is 14.8. The molecule has 1 aliphatic heterocycles. The normalized spacial score (nSPS) is 16.0. The summed E-state index contributed by atoms with van der Waals surface area (Å²) in [5.41, 5.74) is 26.3. The first kappa shape index (κ1) is 36.5. The van der Waals surface area contributed by atoms with Gasteiger partial charge < -0.3 is 14.6 Å². The maximum Gasteiger partial charge on any atom is 0.266 e.